The minimum Gasteiger partial charge on any atom is -0.241 e. The van der Waals surface area contributed by atoms with Crippen LogP contribution in [-0.4, -0.2) is 9.97 Å². The Kier molecular flexibility index (Phi) is 3.02. The van der Waals surface area contributed by atoms with Gasteiger partial charge >= 0.3 is 0 Å². The van der Waals surface area contributed by atoms with E-state index in [2.05, 4.69) is 37.7 Å². The molecule has 0 atom stereocenters. The summed E-state index contributed by atoms with van der Waals surface area (Å²) < 4.78 is 0. The zero-order valence-electron chi connectivity index (χ0n) is 8.96. The van der Waals surface area contributed by atoms with Crippen molar-refractivity contribution in [1.29, 1.82) is 0 Å². The van der Waals surface area contributed by atoms with E-state index in [-0.39, 0.29) is 5.41 Å². The summed E-state index contributed by atoms with van der Waals surface area (Å²) in [5, 5.41) is 0. The molecule has 0 amide bonds. The third-order valence-electron chi connectivity index (χ3n) is 1.91. The highest BCUT2D eigenvalue weighted by atomic mass is 14.9. The topological polar surface area (TPSA) is 25.8 Å². The molecule has 0 aliphatic rings. The van der Waals surface area contributed by atoms with Gasteiger partial charge in [0, 0.05) is 17.8 Å². The van der Waals surface area contributed by atoms with E-state index in [1.165, 1.54) is 5.56 Å². The Morgan fingerprint density at radius 3 is 2.08 bits per heavy atom. The Morgan fingerprint density at radius 1 is 1.15 bits per heavy atom. The maximum Gasteiger partial charge on any atom is 0.133 e. The van der Waals surface area contributed by atoms with Crippen LogP contribution in [0.2, 0.25) is 0 Å². The molecule has 0 aliphatic heterocycles. The van der Waals surface area contributed by atoms with Gasteiger partial charge in [0.2, 0.25) is 0 Å². The lowest BCUT2D eigenvalue weighted by Crippen LogP contribution is -2.15. The Hall–Kier alpha value is -0.920. The SMILES string of the molecule is CCCc1cnc(C(C)(C)C)nc1. The van der Waals surface area contributed by atoms with Crippen LogP contribution in [0.25, 0.3) is 0 Å². The van der Waals surface area contributed by atoms with Crippen molar-refractivity contribution in [1.82, 2.24) is 9.97 Å². The van der Waals surface area contributed by atoms with Gasteiger partial charge in [0.05, 0.1) is 0 Å². The molecule has 2 nitrogen and oxygen atoms in total. The van der Waals surface area contributed by atoms with Crippen LogP contribution < -0.4 is 0 Å². The van der Waals surface area contributed by atoms with Crippen LogP contribution in [0.3, 0.4) is 0 Å². The van der Waals surface area contributed by atoms with E-state index in [9.17, 15) is 0 Å². The fraction of sp³-hybridized carbons (Fsp3) is 0.636. The Bertz CT molecular complexity index is 256. The Morgan fingerprint density at radius 2 is 1.69 bits per heavy atom. The van der Waals surface area contributed by atoms with Gasteiger partial charge in [-0.2, -0.15) is 0 Å². The highest BCUT2D eigenvalue weighted by molar-refractivity contribution is 5.09. The number of nitrogens with zero attached hydrogens (tertiary/aromatic N) is 2. The summed E-state index contributed by atoms with van der Waals surface area (Å²) >= 11 is 0. The lowest BCUT2D eigenvalue weighted by molar-refractivity contribution is 0.543. The first-order valence-corrected chi connectivity index (χ1v) is 4.85. The molecule has 0 saturated heterocycles. The summed E-state index contributed by atoms with van der Waals surface area (Å²) in [7, 11) is 0. The zero-order chi connectivity index (χ0) is 9.90. The molecule has 2 heteroatoms. The Labute approximate surface area is 80.4 Å². The average molecular weight is 178 g/mol. The summed E-state index contributed by atoms with van der Waals surface area (Å²) in [6.45, 7) is 8.54. The van der Waals surface area contributed by atoms with Gasteiger partial charge in [0.25, 0.3) is 0 Å². The number of rotatable bonds is 2. The third-order valence-corrected chi connectivity index (χ3v) is 1.91. The third kappa shape index (κ3) is 2.79. The maximum atomic E-state index is 4.36. The smallest absolute Gasteiger partial charge is 0.133 e. The van der Waals surface area contributed by atoms with Crippen molar-refractivity contribution < 1.29 is 0 Å². The van der Waals surface area contributed by atoms with Crippen molar-refractivity contribution in [3.05, 3.63) is 23.8 Å². The minimum absolute atomic E-state index is 0.0603. The van der Waals surface area contributed by atoms with Crippen LogP contribution >= 0.6 is 0 Å². The summed E-state index contributed by atoms with van der Waals surface area (Å²) in [6, 6.07) is 0. The van der Waals surface area contributed by atoms with Gasteiger partial charge in [-0.15, -0.1) is 0 Å². The van der Waals surface area contributed by atoms with Crippen LogP contribution in [0, 0.1) is 0 Å². The average Bonchev–Trinajstić information content (AvgIpc) is 2.04. The minimum atomic E-state index is 0.0603. The molecule has 1 heterocycles. The van der Waals surface area contributed by atoms with Gasteiger partial charge in [0.15, 0.2) is 0 Å². The summed E-state index contributed by atoms with van der Waals surface area (Å²) in [6.07, 6.45) is 6.11. The summed E-state index contributed by atoms with van der Waals surface area (Å²) in [4.78, 5) is 8.71. The molecule has 0 unspecified atom stereocenters. The molecule has 0 N–H and O–H groups in total. The van der Waals surface area contributed by atoms with E-state index >= 15 is 0 Å². The highest BCUT2D eigenvalue weighted by Crippen LogP contribution is 2.17. The van der Waals surface area contributed by atoms with Crippen molar-refractivity contribution in [2.75, 3.05) is 0 Å². The first-order chi connectivity index (χ1) is 6.04. The van der Waals surface area contributed by atoms with Gasteiger partial charge in [-0.25, -0.2) is 9.97 Å². The zero-order valence-corrected chi connectivity index (χ0v) is 8.96. The van der Waals surface area contributed by atoms with Crippen molar-refractivity contribution in [2.24, 2.45) is 0 Å². The predicted octanol–water partition coefficient (Wildman–Crippen LogP) is 2.73. The normalized spacial score (nSPS) is 11.7. The molecule has 0 aliphatic carbocycles. The van der Waals surface area contributed by atoms with Crippen molar-refractivity contribution in [3.8, 4) is 0 Å². The van der Waals surface area contributed by atoms with Gasteiger partial charge in [-0.3, -0.25) is 0 Å². The Balaban J connectivity index is 2.81. The molecule has 1 aromatic heterocycles. The van der Waals surface area contributed by atoms with Gasteiger partial charge in [0.1, 0.15) is 5.82 Å². The quantitative estimate of drug-likeness (QED) is 0.696. The molecule has 0 spiro atoms. The van der Waals surface area contributed by atoms with Crippen molar-refractivity contribution >= 4 is 0 Å². The number of hydrogen-bond donors (Lipinski definition) is 0. The molecule has 0 aromatic carbocycles. The molecule has 13 heavy (non-hydrogen) atoms. The first kappa shape index (κ1) is 10.2. The second kappa shape index (κ2) is 3.86. The molecule has 0 saturated carbocycles. The molecule has 0 radical (unpaired) electrons. The van der Waals surface area contributed by atoms with E-state index in [4.69, 9.17) is 0 Å². The lowest BCUT2D eigenvalue weighted by Gasteiger charge is -2.15. The predicted molar refractivity (Wildman–Crippen MR) is 54.7 cm³/mol. The second-order valence-corrected chi connectivity index (χ2v) is 4.41. The van der Waals surface area contributed by atoms with E-state index in [1.54, 1.807) is 0 Å². The molecule has 1 aromatic rings. The van der Waals surface area contributed by atoms with E-state index in [0.717, 1.165) is 18.7 Å². The van der Waals surface area contributed by atoms with E-state index in [1.807, 2.05) is 12.4 Å². The molecular weight excluding hydrogens is 160 g/mol. The molecule has 1 rings (SSSR count). The van der Waals surface area contributed by atoms with Crippen LogP contribution in [0.15, 0.2) is 12.4 Å². The monoisotopic (exact) mass is 178 g/mol. The fourth-order valence-electron chi connectivity index (χ4n) is 1.16. The number of hydrogen-bond acceptors (Lipinski definition) is 2. The van der Waals surface area contributed by atoms with Gasteiger partial charge in [-0.1, -0.05) is 34.1 Å². The van der Waals surface area contributed by atoms with E-state index in [0.29, 0.717) is 0 Å². The standard InChI is InChI=1S/C11H18N2/c1-5-6-9-7-12-10(13-8-9)11(2,3)4/h7-8H,5-6H2,1-4H3. The van der Waals surface area contributed by atoms with Crippen LogP contribution in [-0.2, 0) is 11.8 Å². The van der Waals surface area contributed by atoms with Crippen LogP contribution in [0.4, 0.5) is 0 Å². The number of aromatic nitrogens is 2. The summed E-state index contributed by atoms with van der Waals surface area (Å²) in [5.41, 5.74) is 1.29. The second-order valence-electron chi connectivity index (χ2n) is 4.41. The van der Waals surface area contributed by atoms with E-state index < -0.39 is 0 Å². The van der Waals surface area contributed by atoms with Crippen molar-refractivity contribution in [2.45, 2.75) is 46.0 Å². The summed E-state index contributed by atoms with van der Waals surface area (Å²) in [5.74, 6) is 0.923. The molecule has 72 valence electrons. The van der Waals surface area contributed by atoms with Crippen LogP contribution in [0.1, 0.15) is 45.5 Å². The largest absolute Gasteiger partial charge is 0.241 e. The first-order valence-electron chi connectivity index (χ1n) is 4.85. The van der Waals surface area contributed by atoms with Gasteiger partial charge in [-0.05, 0) is 12.0 Å². The van der Waals surface area contributed by atoms with Gasteiger partial charge < -0.3 is 0 Å². The van der Waals surface area contributed by atoms with Crippen LogP contribution in [0.5, 0.6) is 0 Å². The molecule has 0 fully saturated rings. The van der Waals surface area contributed by atoms with Crippen molar-refractivity contribution in [3.63, 3.8) is 0 Å². The highest BCUT2D eigenvalue weighted by Gasteiger charge is 2.16. The fourth-order valence-corrected chi connectivity index (χ4v) is 1.16. The lowest BCUT2D eigenvalue weighted by atomic mass is 9.96. The molecule has 0 bridgehead atoms. The molecular formula is C11H18N2. The number of aryl methyl sites for hydroxylation is 1. The maximum absolute atomic E-state index is 4.36.